The van der Waals surface area contributed by atoms with Crippen LogP contribution in [0.4, 0.5) is 5.69 Å². The first kappa shape index (κ1) is 16.2. The van der Waals surface area contributed by atoms with Gasteiger partial charge < -0.3 is 5.11 Å². The molecule has 1 fully saturated rings. The molecule has 0 spiro atoms. The minimum atomic E-state index is -3.86. The van der Waals surface area contributed by atoms with Crippen molar-refractivity contribution >= 4 is 27.3 Å². The van der Waals surface area contributed by atoms with Crippen LogP contribution in [0.2, 0.25) is 5.02 Å². The molecule has 0 atom stereocenters. The van der Waals surface area contributed by atoms with Gasteiger partial charge in [0.05, 0.1) is 20.9 Å². The molecule has 0 heterocycles. The van der Waals surface area contributed by atoms with E-state index < -0.39 is 14.9 Å². The zero-order valence-corrected chi connectivity index (χ0v) is 12.8. The molecule has 0 unspecified atom stereocenters. The Hall–Kier alpha value is -1.22. The minimum Gasteiger partial charge on any atom is -0.393 e. The Morgan fingerprint density at radius 1 is 1.48 bits per heavy atom. The molecule has 2 rings (SSSR count). The SMILES string of the molecule is Cc1c(Cl)cc(S(=O)(=O)NCC2CC(O)C2)cc1[N+](=O)[O-]. The van der Waals surface area contributed by atoms with Crippen LogP contribution in [0, 0.1) is 23.0 Å². The Morgan fingerprint density at radius 2 is 2.10 bits per heavy atom. The van der Waals surface area contributed by atoms with E-state index in [1.807, 2.05) is 0 Å². The molecule has 1 aromatic rings. The van der Waals surface area contributed by atoms with Gasteiger partial charge in [-0.3, -0.25) is 10.1 Å². The second-order valence-electron chi connectivity index (χ2n) is 5.15. The van der Waals surface area contributed by atoms with Crippen LogP contribution in [-0.4, -0.2) is 31.1 Å². The van der Waals surface area contributed by atoms with Gasteiger partial charge in [0.25, 0.3) is 5.69 Å². The Bertz CT molecular complexity index is 670. The average molecular weight is 335 g/mol. The molecule has 21 heavy (non-hydrogen) atoms. The van der Waals surface area contributed by atoms with Crippen molar-refractivity contribution in [1.82, 2.24) is 4.72 Å². The second kappa shape index (κ2) is 5.88. The number of nitrogens with zero attached hydrogens (tertiary/aromatic N) is 1. The van der Waals surface area contributed by atoms with Crippen LogP contribution < -0.4 is 4.72 Å². The first-order valence-corrected chi connectivity index (χ1v) is 8.19. The maximum atomic E-state index is 12.1. The molecule has 7 nitrogen and oxygen atoms in total. The molecule has 0 bridgehead atoms. The molecule has 9 heteroatoms. The maximum absolute atomic E-state index is 12.1. The number of nitrogens with one attached hydrogen (secondary N) is 1. The summed E-state index contributed by atoms with van der Waals surface area (Å²) in [6, 6.07) is 2.20. The summed E-state index contributed by atoms with van der Waals surface area (Å²) in [6.07, 6.45) is 0.740. The summed E-state index contributed by atoms with van der Waals surface area (Å²) in [6.45, 7) is 1.65. The molecule has 116 valence electrons. The summed E-state index contributed by atoms with van der Waals surface area (Å²) in [7, 11) is -3.86. The molecule has 0 aliphatic heterocycles. The number of hydrogen-bond donors (Lipinski definition) is 2. The lowest BCUT2D eigenvalue weighted by Crippen LogP contribution is -2.38. The molecular weight excluding hydrogens is 320 g/mol. The summed E-state index contributed by atoms with van der Waals surface area (Å²) in [4.78, 5) is 10.0. The van der Waals surface area contributed by atoms with Crippen molar-refractivity contribution in [1.29, 1.82) is 0 Å². The predicted molar refractivity (Wildman–Crippen MR) is 76.8 cm³/mol. The maximum Gasteiger partial charge on any atom is 0.275 e. The number of hydrogen-bond acceptors (Lipinski definition) is 5. The lowest BCUT2D eigenvalue weighted by Gasteiger charge is -2.31. The molecule has 0 aromatic heterocycles. The van der Waals surface area contributed by atoms with Crippen molar-refractivity contribution in [2.75, 3.05) is 6.54 Å². The fourth-order valence-corrected chi connectivity index (χ4v) is 3.60. The standard InChI is InChI=1S/C12H15ClN2O5S/c1-7-11(13)4-10(5-12(7)15(17)18)21(19,20)14-6-8-2-9(16)3-8/h4-5,8-9,14,16H,2-3,6H2,1H3. The fraction of sp³-hybridized carbons (Fsp3) is 0.500. The van der Waals surface area contributed by atoms with Crippen LogP contribution in [0.15, 0.2) is 17.0 Å². The zero-order valence-electron chi connectivity index (χ0n) is 11.2. The number of nitro groups is 1. The van der Waals surface area contributed by atoms with Crippen LogP contribution in [0.25, 0.3) is 0 Å². The lowest BCUT2D eigenvalue weighted by molar-refractivity contribution is -0.385. The third-order valence-electron chi connectivity index (χ3n) is 3.57. The van der Waals surface area contributed by atoms with Crippen LogP contribution in [0.5, 0.6) is 0 Å². The monoisotopic (exact) mass is 334 g/mol. The highest BCUT2D eigenvalue weighted by Gasteiger charge is 2.29. The highest BCUT2D eigenvalue weighted by atomic mass is 35.5. The van der Waals surface area contributed by atoms with Crippen molar-refractivity contribution in [3.8, 4) is 0 Å². The highest BCUT2D eigenvalue weighted by Crippen LogP contribution is 2.30. The van der Waals surface area contributed by atoms with Gasteiger partial charge in [0, 0.05) is 18.2 Å². The van der Waals surface area contributed by atoms with E-state index in [4.69, 9.17) is 16.7 Å². The van der Waals surface area contributed by atoms with Crippen LogP contribution in [0.3, 0.4) is 0 Å². The Morgan fingerprint density at radius 3 is 2.62 bits per heavy atom. The zero-order chi connectivity index (χ0) is 15.8. The Labute approximate surface area is 127 Å². The van der Waals surface area contributed by atoms with Crippen molar-refractivity contribution in [3.05, 3.63) is 32.8 Å². The number of rotatable bonds is 5. The molecule has 2 N–H and O–H groups in total. The van der Waals surface area contributed by atoms with E-state index in [0.29, 0.717) is 12.8 Å². The van der Waals surface area contributed by atoms with Gasteiger partial charge in [-0.2, -0.15) is 0 Å². The molecular formula is C12H15ClN2O5S. The third kappa shape index (κ3) is 3.52. The second-order valence-corrected chi connectivity index (χ2v) is 7.32. The first-order chi connectivity index (χ1) is 9.70. The first-order valence-electron chi connectivity index (χ1n) is 6.33. The van der Waals surface area contributed by atoms with E-state index in [9.17, 15) is 18.5 Å². The minimum absolute atomic E-state index is 0.0311. The van der Waals surface area contributed by atoms with Gasteiger partial charge in [0.15, 0.2) is 0 Å². The molecule has 0 amide bonds. The Balaban J connectivity index is 2.21. The van der Waals surface area contributed by atoms with Gasteiger partial charge in [0.2, 0.25) is 10.0 Å². The van der Waals surface area contributed by atoms with Crippen LogP contribution in [-0.2, 0) is 10.0 Å². The van der Waals surface area contributed by atoms with E-state index in [2.05, 4.69) is 4.72 Å². The van der Waals surface area contributed by atoms with E-state index in [1.54, 1.807) is 0 Å². The average Bonchev–Trinajstić information content (AvgIpc) is 2.35. The molecule has 1 aromatic carbocycles. The quantitative estimate of drug-likeness (QED) is 0.628. The smallest absolute Gasteiger partial charge is 0.275 e. The van der Waals surface area contributed by atoms with Crippen molar-refractivity contribution < 1.29 is 18.4 Å². The lowest BCUT2D eigenvalue weighted by atomic mass is 9.83. The summed E-state index contributed by atoms with van der Waals surface area (Å²) in [5, 5.41) is 20.1. The van der Waals surface area contributed by atoms with E-state index in [-0.39, 0.29) is 39.7 Å². The van der Waals surface area contributed by atoms with Crippen molar-refractivity contribution in [2.45, 2.75) is 30.8 Å². The number of benzene rings is 1. The largest absolute Gasteiger partial charge is 0.393 e. The van der Waals surface area contributed by atoms with Crippen LogP contribution in [0.1, 0.15) is 18.4 Å². The summed E-state index contributed by atoms with van der Waals surface area (Å²) in [5.41, 5.74) is -0.107. The van der Waals surface area contributed by atoms with Crippen molar-refractivity contribution in [2.24, 2.45) is 5.92 Å². The summed E-state index contributed by atoms with van der Waals surface area (Å²) < 4.78 is 26.7. The van der Waals surface area contributed by atoms with Gasteiger partial charge in [0.1, 0.15) is 0 Å². The van der Waals surface area contributed by atoms with E-state index in [1.165, 1.54) is 13.0 Å². The number of aliphatic hydroxyl groups excluding tert-OH is 1. The third-order valence-corrected chi connectivity index (χ3v) is 5.37. The summed E-state index contributed by atoms with van der Waals surface area (Å²) >= 11 is 5.86. The predicted octanol–water partition coefficient (Wildman–Crippen LogP) is 1.61. The normalized spacial score (nSPS) is 21.9. The molecule has 1 aliphatic carbocycles. The molecule has 1 saturated carbocycles. The van der Waals surface area contributed by atoms with Crippen LogP contribution >= 0.6 is 11.6 Å². The highest BCUT2D eigenvalue weighted by molar-refractivity contribution is 7.89. The summed E-state index contributed by atoms with van der Waals surface area (Å²) in [5.74, 6) is 0.0886. The fourth-order valence-electron chi connectivity index (χ4n) is 2.16. The van der Waals surface area contributed by atoms with E-state index >= 15 is 0 Å². The van der Waals surface area contributed by atoms with Gasteiger partial charge in [-0.15, -0.1) is 0 Å². The van der Waals surface area contributed by atoms with Gasteiger partial charge in [-0.25, -0.2) is 13.1 Å². The van der Waals surface area contributed by atoms with Gasteiger partial charge in [-0.1, -0.05) is 11.6 Å². The van der Waals surface area contributed by atoms with Gasteiger partial charge >= 0.3 is 0 Å². The number of halogens is 1. The number of sulfonamides is 1. The topological polar surface area (TPSA) is 110 Å². The number of aliphatic hydroxyl groups is 1. The Kier molecular flexibility index (Phi) is 4.52. The number of nitro benzene ring substituents is 1. The molecule has 0 radical (unpaired) electrons. The van der Waals surface area contributed by atoms with Gasteiger partial charge in [-0.05, 0) is 31.7 Å². The van der Waals surface area contributed by atoms with E-state index in [0.717, 1.165) is 6.07 Å². The molecule has 1 aliphatic rings. The molecule has 0 saturated heterocycles. The van der Waals surface area contributed by atoms with Crippen molar-refractivity contribution in [3.63, 3.8) is 0 Å².